The van der Waals surface area contributed by atoms with Crippen molar-refractivity contribution in [3.63, 3.8) is 0 Å². The fraction of sp³-hybridized carbons (Fsp3) is 0.364. The zero-order valence-corrected chi connectivity index (χ0v) is 9.32. The second-order valence-corrected chi connectivity index (χ2v) is 3.21. The molecular weight excluding hydrogens is 206 g/mol. The molecule has 1 rings (SSSR count). The monoisotopic (exact) mass is 223 g/mol. The van der Waals surface area contributed by atoms with Crippen molar-refractivity contribution in [2.75, 3.05) is 32.1 Å². The van der Waals surface area contributed by atoms with Crippen LogP contribution in [0.15, 0.2) is 24.3 Å². The van der Waals surface area contributed by atoms with Gasteiger partial charge in [0.15, 0.2) is 6.61 Å². The molecule has 0 saturated carbocycles. The number of anilines is 1. The number of hydrogen-bond acceptors (Lipinski definition) is 4. The van der Waals surface area contributed by atoms with Gasteiger partial charge in [-0.05, 0) is 12.1 Å². The smallest absolute Gasteiger partial charge is 0.257 e. The van der Waals surface area contributed by atoms with Crippen LogP contribution < -0.4 is 21.1 Å². The van der Waals surface area contributed by atoms with E-state index in [0.29, 0.717) is 18.8 Å². The van der Waals surface area contributed by atoms with Gasteiger partial charge in [0.05, 0.1) is 0 Å². The molecule has 0 radical (unpaired) electrons. The molecule has 0 saturated heterocycles. The van der Waals surface area contributed by atoms with Gasteiger partial charge in [0.2, 0.25) is 0 Å². The van der Waals surface area contributed by atoms with E-state index in [-0.39, 0.29) is 12.5 Å². The van der Waals surface area contributed by atoms with E-state index in [9.17, 15) is 4.79 Å². The quantitative estimate of drug-likeness (QED) is 0.643. The first kappa shape index (κ1) is 12.3. The lowest BCUT2D eigenvalue weighted by Crippen LogP contribution is -2.24. The Morgan fingerprint density at radius 1 is 1.50 bits per heavy atom. The van der Waals surface area contributed by atoms with E-state index in [2.05, 4.69) is 10.6 Å². The van der Waals surface area contributed by atoms with E-state index < -0.39 is 0 Å². The Hall–Kier alpha value is -1.75. The van der Waals surface area contributed by atoms with Crippen LogP contribution in [0, 0.1) is 0 Å². The number of rotatable bonds is 6. The van der Waals surface area contributed by atoms with Crippen LogP contribution in [0.25, 0.3) is 0 Å². The molecule has 1 amide bonds. The number of hydrogen-bond donors (Lipinski definition) is 3. The maximum absolute atomic E-state index is 11.0. The molecule has 0 fully saturated rings. The second kappa shape index (κ2) is 6.68. The van der Waals surface area contributed by atoms with E-state index in [1.54, 1.807) is 13.1 Å². The minimum atomic E-state index is -0.152. The number of benzene rings is 1. The van der Waals surface area contributed by atoms with Crippen LogP contribution in [0.4, 0.5) is 5.69 Å². The molecule has 1 aromatic carbocycles. The maximum atomic E-state index is 11.0. The van der Waals surface area contributed by atoms with Crippen molar-refractivity contribution in [1.82, 2.24) is 5.32 Å². The van der Waals surface area contributed by atoms with Crippen molar-refractivity contribution in [3.05, 3.63) is 24.3 Å². The average Bonchev–Trinajstić information content (AvgIpc) is 2.34. The molecule has 0 aromatic heterocycles. The molecule has 0 aliphatic carbocycles. The van der Waals surface area contributed by atoms with Gasteiger partial charge in [-0.25, -0.2) is 0 Å². The number of amides is 1. The van der Waals surface area contributed by atoms with Crippen molar-refractivity contribution in [2.45, 2.75) is 0 Å². The van der Waals surface area contributed by atoms with Gasteiger partial charge in [-0.1, -0.05) is 6.07 Å². The Morgan fingerprint density at radius 2 is 2.31 bits per heavy atom. The highest BCUT2D eigenvalue weighted by atomic mass is 16.5. The number of nitrogens with one attached hydrogen (secondary N) is 2. The Kier molecular flexibility index (Phi) is 5.15. The first-order chi connectivity index (χ1) is 7.76. The molecule has 0 aliphatic rings. The molecule has 4 N–H and O–H groups in total. The van der Waals surface area contributed by atoms with Crippen LogP contribution >= 0.6 is 0 Å². The highest BCUT2D eigenvalue weighted by molar-refractivity contribution is 5.77. The van der Waals surface area contributed by atoms with E-state index in [1.807, 2.05) is 18.2 Å². The fourth-order valence-electron chi connectivity index (χ4n) is 1.13. The van der Waals surface area contributed by atoms with Crippen LogP contribution in [-0.4, -0.2) is 32.7 Å². The molecule has 16 heavy (non-hydrogen) atoms. The van der Waals surface area contributed by atoms with E-state index >= 15 is 0 Å². The molecule has 0 unspecified atom stereocenters. The highest BCUT2D eigenvalue weighted by Crippen LogP contribution is 2.16. The van der Waals surface area contributed by atoms with Gasteiger partial charge in [0.1, 0.15) is 5.75 Å². The summed E-state index contributed by atoms with van der Waals surface area (Å²) in [6.45, 7) is 1.30. The summed E-state index contributed by atoms with van der Waals surface area (Å²) in [4.78, 5) is 11.0. The zero-order chi connectivity index (χ0) is 11.8. The van der Waals surface area contributed by atoms with Crippen molar-refractivity contribution < 1.29 is 9.53 Å². The lowest BCUT2D eigenvalue weighted by molar-refractivity contribution is -0.122. The molecule has 0 spiro atoms. The first-order valence-corrected chi connectivity index (χ1v) is 5.13. The number of likely N-dealkylation sites (N-methyl/N-ethyl adjacent to an activating group) is 1. The lowest BCUT2D eigenvalue weighted by Gasteiger charge is -2.08. The van der Waals surface area contributed by atoms with Gasteiger partial charge >= 0.3 is 0 Å². The SMILES string of the molecule is CNC(=O)COc1cccc(NCCN)c1. The van der Waals surface area contributed by atoms with Crippen LogP contribution in [0.3, 0.4) is 0 Å². The van der Waals surface area contributed by atoms with Gasteiger partial charge in [-0.3, -0.25) is 4.79 Å². The summed E-state index contributed by atoms with van der Waals surface area (Å²) in [6.07, 6.45) is 0. The summed E-state index contributed by atoms with van der Waals surface area (Å²) in [5, 5.41) is 5.62. The van der Waals surface area contributed by atoms with Gasteiger partial charge < -0.3 is 21.1 Å². The van der Waals surface area contributed by atoms with Crippen LogP contribution in [0.5, 0.6) is 5.75 Å². The highest BCUT2D eigenvalue weighted by Gasteiger charge is 2.00. The standard InChI is InChI=1S/C11H17N3O2/c1-13-11(15)8-16-10-4-2-3-9(7-10)14-6-5-12/h2-4,7,14H,5-6,8,12H2,1H3,(H,13,15). The Morgan fingerprint density at radius 3 is 3.00 bits per heavy atom. The molecule has 0 bridgehead atoms. The average molecular weight is 223 g/mol. The van der Waals surface area contributed by atoms with Crippen molar-refractivity contribution in [2.24, 2.45) is 5.73 Å². The third-order valence-electron chi connectivity index (χ3n) is 1.96. The lowest BCUT2D eigenvalue weighted by atomic mass is 10.3. The Labute approximate surface area is 95.0 Å². The van der Waals surface area contributed by atoms with Gasteiger partial charge in [-0.2, -0.15) is 0 Å². The zero-order valence-electron chi connectivity index (χ0n) is 9.32. The molecule has 5 heteroatoms. The third kappa shape index (κ3) is 4.18. The molecule has 1 aromatic rings. The van der Waals surface area contributed by atoms with Crippen LogP contribution in [0.1, 0.15) is 0 Å². The first-order valence-electron chi connectivity index (χ1n) is 5.13. The van der Waals surface area contributed by atoms with Crippen molar-refractivity contribution in [3.8, 4) is 5.75 Å². The molecule has 0 heterocycles. The Balaban J connectivity index is 2.50. The van der Waals surface area contributed by atoms with E-state index in [0.717, 1.165) is 5.69 Å². The maximum Gasteiger partial charge on any atom is 0.257 e. The summed E-state index contributed by atoms with van der Waals surface area (Å²) in [7, 11) is 1.57. The second-order valence-electron chi connectivity index (χ2n) is 3.21. The number of carbonyl (C=O) groups excluding carboxylic acids is 1. The number of ether oxygens (including phenoxy) is 1. The normalized spacial score (nSPS) is 9.62. The molecule has 0 atom stereocenters. The summed E-state index contributed by atoms with van der Waals surface area (Å²) in [5.74, 6) is 0.506. The topological polar surface area (TPSA) is 76.4 Å². The summed E-state index contributed by atoms with van der Waals surface area (Å²) in [5.41, 5.74) is 6.31. The fourth-order valence-corrected chi connectivity index (χ4v) is 1.13. The van der Waals surface area contributed by atoms with E-state index in [4.69, 9.17) is 10.5 Å². The van der Waals surface area contributed by atoms with Gasteiger partial charge in [0.25, 0.3) is 5.91 Å². The third-order valence-corrected chi connectivity index (χ3v) is 1.96. The predicted octanol–water partition coefficient (Wildman–Crippen LogP) is 0.182. The largest absolute Gasteiger partial charge is 0.484 e. The molecule has 88 valence electrons. The van der Waals surface area contributed by atoms with Gasteiger partial charge in [-0.15, -0.1) is 0 Å². The molecule has 5 nitrogen and oxygen atoms in total. The predicted molar refractivity (Wildman–Crippen MR) is 63.5 cm³/mol. The number of nitrogens with two attached hydrogens (primary N) is 1. The summed E-state index contributed by atoms with van der Waals surface area (Å²) >= 11 is 0. The van der Waals surface area contributed by atoms with Crippen molar-refractivity contribution in [1.29, 1.82) is 0 Å². The number of carbonyl (C=O) groups is 1. The molecule has 0 aliphatic heterocycles. The van der Waals surface area contributed by atoms with Crippen LogP contribution in [-0.2, 0) is 4.79 Å². The molecular formula is C11H17N3O2. The summed E-state index contributed by atoms with van der Waals surface area (Å²) < 4.78 is 5.30. The minimum Gasteiger partial charge on any atom is -0.484 e. The Bertz CT molecular complexity index is 342. The van der Waals surface area contributed by atoms with E-state index in [1.165, 1.54) is 0 Å². The van der Waals surface area contributed by atoms with Crippen molar-refractivity contribution >= 4 is 11.6 Å². The van der Waals surface area contributed by atoms with Crippen LogP contribution in [0.2, 0.25) is 0 Å². The minimum absolute atomic E-state index is 0.0246. The summed E-state index contributed by atoms with van der Waals surface area (Å²) in [6, 6.07) is 7.41. The van der Waals surface area contributed by atoms with Gasteiger partial charge in [0, 0.05) is 31.9 Å².